The summed E-state index contributed by atoms with van der Waals surface area (Å²) in [7, 11) is 0. The first-order chi connectivity index (χ1) is 10.1. The lowest BCUT2D eigenvalue weighted by Gasteiger charge is -2.04. The maximum absolute atomic E-state index is 11.0. The number of benzene rings is 1. The minimum Gasteiger partial charge on any atom is -0.505 e. The Labute approximate surface area is 119 Å². The van der Waals surface area contributed by atoms with Crippen LogP contribution >= 0.6 is 0 Å². The van der Waals surface area contributed by atoms with Crippen molar-refractivity contribution in [1.29, 1.82) is 0 Å². The van der Waals surface area contributed by atoms with Crippen molar-refractivity contribution in [2.45, 2.75) is 0 Å². The number of aromatic hydroxyl groups is 1. The molecular weight excluding hydrogens is 270 g/mol. The van der Waals surface area contributed by atoms with Gasteiger partial charge in [0.15, 0.2) is 5.75 Å². The average molecular weight is 281 g/mol. The van der Waals surface area contributed by atoms with E-state index < -0.39 is 5.97 Å². The number of aromatic nitrogens is 1. The van der Waals surface area contributed by atoms with Gasteiger partial charge in [-0.15, -0.1) is 0 Å². The second-order valence-electron chi connectivity index (χ2n) is 4.42. The van der Waals surface area contributed by atoms with E-state index in [-0.39, 0.29) is 16.8 Å². The topological polar surface area (TPSA) is 83.6 Å². The van der Waals surface area contributed by atoms with Crippen LogP contribution in [0.1, 0.15) is 21.8 Å². The zero-order chi connectivity index (χ0) is 14.8. The fourth-order valence-corrected chi connectivity index (χ4v) is 2.01. The summed E-state index contributed by atoms with van der Waals surface area (Å²) < 4.78 is 5.18. The molecule has 2 aromatic heterocycles. The van der Waals surface area contributed by atoms with E-state index in [0.717, 1.165) is 0 Å². The van der Waals surface area contributed by atoms with Crippen LogP contribution in [0.5, 0.6) is 5.75 Å². The second kappa shape index (κ2) is 5.13. The van der Waals surface area contributed by atoms with Gasteiger partial charge in [0.1, 0.15) is 16.8 Å². The van der Waals surface area contributed by atoms with E-state index in [4.69, 9.17) is 9.52 Å². The average Bonchev–Trinajstić information content (AvgIpc) is 2.98. The number of carboxylic acid groups (broad SMARTS) is 1. The molecule has 0 aliphatic carbocycles. The summed E-state index contributed by atoms with van der Waals surface area (Å²) in [6.45, 7) is 0. The third-order valence-electron chi connectivity index (χ3n) is 3.05. The Morgan fingerprint density at radius 1 is 1.14 bits per heavy atom. The fourth-order valence-electron chi connectivity index (χ4n) is 2.01. The fraction of sp³-hybridized carbons (Fsp3) is 0. The number of phenols is 1. The van der Waals surface area contributed by atoms with Crippen LogP contribution in [0.2, 0.25) is 0 Å². The van der Waals surface area contributed by atoms with Gasteiger partial charge < -0.3 is 14.6 Å². The molecule has 0 radical (unpaired) electrons. The van der Waals surface area contributed by atoms with E-state index in [1.807, 2.05) is 0 Å². The first kappa shape index (κ1) is 12.9. The molecule has 0 aliphatic heterocycles. The highest BCUT2D eigenvalue weighted by Gasteiger charge is 2.13. The molecule has 5 heteroatoms. The molecule has 0 unspecified atom stereocenters. The molecule has 0 aliphatic rings. The lowest BCUT2D eigenvalue weighted by Crippen LogP contribution is -1.97. The molecule has 5 nitrogen and oxygen atoms in total. The van der Waals surface area contributed by atoms with Crippen molar-refractivity contribution in [3.63, 3.8) is 0 Å². The minimum absolute atomic E-state index is 0.165. The minimum atomic E-state index is -1.19. The number of furan rings is 1. The number of hydrogen-bond acceptors (Lipinski definition) is 4. The number of fused-ring (bicyclic) bond motifs is 1. The van der Waals surface area contributed by atoms with E-state index in [0.29, 0.717) is 16.8 Å². The molecule has 0 saturated carbocycles. The van der Waals surface area contributed by atoms with Crippen molar-refractivity contribution < 1.29 is 19.4 Å². The molecule has 0 bridgehead atoms. The van der Waals surface area contributed by atoms with E-state index in [2.05, 4.69) is 4.98 Å². The van der Waals surface area contributed by atoms with Crippen LogP contribution in [0.4, 0.5) is 0 Å². The maximum atomic E-state index is 11.0. The molecule has 2 heterocycles. The number of carbonyl (C=O) groups is 1. The Bertz CT molecular complexity index is 835. The maximum Gasteiger partial charge on any atom is 0.339 e. The second-order valence-corrected chi connectivity index (χ2v) is 4.42. The van der Waals surface area contributed by atoms with Crippen LogP contribution < -0.4 is 0 Å². The van der Waals surface area contributed by atoms with Gasteiger partial charge in [-0.2, -0.15) is 0 Å². The molecular formula is C16H11NO4. The van der Waals surface area contributed by atoms with Crippen LogP contribution in [0, 0.1) is 0 Å². The standard InChI is InChI=1S/C16H11NO4/c18-15-13(16(19)20)8-4-10-3-5-11(17-14(10)15)6-7-12-2-1-9-21-12/h1-9,18H,(H,19,20). The first-order valence-corrected chi connectivity index (χ1v) is 6.23. The number of pyridine rings is 1. The Balaban J connectivity index is 2.06. The van der Waals surface area contributed by atoms with Crippen LogP contribution in [-0.4, -0.2) is 21.2 Å². The third-order valence-corrected chi connectivity index (χ3v) is 3.05. The van der Waals surface area contributed by atoms with E-state index in [9.17, 15) is 9.90 Å². The summed E-state index contributed by atoms with van der Waals surface area (Å²) in [5, 5.41) is 19.7. The van der Waals surface area contributed by atoms with Gasteiger partial charge in [-0.1, -0.05) is 12.1 Å². The first-order valence-electron chi connectivity index (χ1n) is 6.23. The van der Waals surface area contributed by atoms with Gasteiger partial charge >= 0.3 is 5.97 Å². The number of carboxylic acids is 1. The summed E-state index contributed by atoms with van der Waals surface area (Å²) in [4.78, 5) is 15.3. The van der Waals surface area contributed by atoms with Crippen molar-refractivity contribution in [1.82, 2.24) is 4.98 Å². The summed E-state index contributed by atoms with van der Waals surface area (Å²) >= 11 is 0. The van der Waals surface area contributed by atoms with Gasteiger partial charge in [0.25, 0.3) is 0 Å². The van der Waals surface area contributed by atoms with Gasteiger partial charge in [0.2, 0.25) is 0 Å². The molecule has 0 saturated heterocycles. The lowest BCUT2D eigenvalue weighted by molar-refractivity contribution is 0.0694. The van der Waals surface area contributed by atoms with E-state index >= 15 is 0 Å². The molecule has 21 heavy (non-hydrogen) atoms. The highest BCUT2D eigenvalue weighted by Crippen LogP contribution is 2.27. The Kier molecular flexibility index (Phi) is 3.16. The summed E-state index contributed by atoms with van der Waals surface area (Å²) in [6, 6.07) is 10.1. The predicted octanol–water partition coefficient (Wildman–Crippen LogP) is 3.40. The van der Waals surface area contributed by atoms with Crippen molar-refractivity contribution in [2.75, 3.05) is 0 Å². The number of aromatic carboxylic acids is 1. The van der Waals surface area contributed by atoms with Crippen LogP contribution in [0.25, 0.3) is 23.1 Å². The normalized spacial score (nSPS) is 11.2. The molecule has 1 aromatic carbocycles. The molecule has 2 N–H and O–H groups in total. The van der Waals surface area contributed by atoms with Crippen molar-refractivity contribution in [2.24, 2.45) is 0 Å². The number of nitrogens with zero attached hydrogens (tertiary/aromatic N) is 1. The number of rotatable bonds is 3. The van der Waals surface area contributed by atoms with Crippen molar-refractivity contribution >= 4 is 29.0 Å². The van der Waals surface area contributed by atoms with Crippen LogP contribution in [-0.2, 0) is 0 Å². The van der Waals surface area contributed by atoms with Gasteiger partial charge in [0, 0.05) is 5.39 Å². The van der Waals surface area contributed by atoms with Gasteiger partial charge in [-0.25, -0.2) is 9.78 Å². The molecule has 0 fully saturated rings. The Morgan fingerprint density at radius 3 is 2.67 bits per heavy atom. The lowest BCUT2D eigenvalue weighted by atomic mass is 10.1. The Morgan fingerprint density at radius 2 is 1.95 bits per heavy atom. The van der Waals surface area contributed by atoms with Crippen LogP contribution in [0.3, 0.4) is 0 Å². The zero-order valence-corrected chi connectivity index (χ0v) is 10.9. The summed E-state index contributed by atoms with van der Waals surface area (Å²) in [5.74, 6) is -0.832. The zero-order valence-electron chi connectivity index (χ0n) is 10.9. The van der Waals surface area contributed by atoms with Crippen molar-refractivity contribution in [3.8, 4) is 5.75 Å². The summed E-state index contributed by atoms with van der Waals surface area (Å²) in [6.07, 6.45) is 5.04. The Hall–Kier alpha value is -3.08. The quantitative estimate of drug-likeness (QED) is 0.768. The SMILES string of the molecule is O=C(O)c1ccc2ccc(C=Cc3ccco3)nc2c1O. The van der Waals surface area contributed by atoms with Crippen LogP contribution in [0.15, 0.2) is 47.1 Å². The van der Waals surface area contributed by atoms with E-state index in [1.54, 1.807) is 48.7 Å². The largest absolute Gasteiger partial charge is 0.505 e. The molecule has 104 valence electrons. The van der Waals surface area contributed by atoms with E-state index in [1.165, 1.54) is 6.07 Å². The molecule has 3 aromatic rings. The van der Waals surface area contributed by atoms with Crippen molar-refractivity contribution in [3.05, 3.63) is 59.7 Å². The molecule has 0 spiro atoms. The van der Waals surface area contributed by atoms with Gasteiger partial charge in [-0.05, 0) is 36.4 Å². The highest BCUT2D eigenvalue weighted by atomic mass is 16.4. The molecule has 0 atom stereocenters. The van der Waals surface area contributed by atoms with Gasteiger partial charge in [0.05, 0.1) is 12.0 Å². The van der Waals surface area contributed by atoms with Gasteiger partial charge in [-0.3, -0.25) is 0 Å². The monoisotopic (exact) mass is 281 g/mol. The predicted molar refractivity (Wildman–Crippen MR) is 78.0 cm³/mol. The molecule has 3 rings (SSSR count). The smallest absolute Gasteiger partial charge is 0.339 e. The molecule has 0 amide bonds. The highest BCUT2D eigenvalue weighted by molar-refractivity contribution is 5.99. The summed E-state index contributed by atoms with van der Waals surface area (Å²) in [5.41, 5.74) is 0.690. The third kappa shape index (κ3) is 2.49. The number of hydrogen-bond donors (Lipinski definition) is 2.